The molecule has 1 fully saturated rings. The standard InChI is InChI=1S/C17H17BrN2O2S/c1-11-8-13(18)3-4-15(11)20-17(21)12-2-5-16(19-9-12)22-14-6-7-23-10-14/h2-5,8-9,14H,6-7,10H2,1H3,(H,20,21)/t14-/m0/s1. The number of amides is 1. The zero-order chi connectivity index (χ0) is 16.2. The molecular weight excluding hydrogens is 376 g/mol. The second-order valence-electron chi connectivity index (χ2n) is 5.40. The van der Waals surface area contributed by atoms with Crippen LogP contribution in [-0.2, 0) is 0 Å². The van der Waals surface area contributed by atoms with Crippen LogP contribution in [0.5, 0.6) is 5.88 Å². The largest absolute Gasteiger partial charge is 0.473 e. The Kier molecular flexibility index (Phi) is 5.23. The van der Waals surface area contributed by atoms with Crippen molar-refractivity contribution in [1.82, 2.24) is 4.98 Å². The smallest absolute Gasteiger partial charge is 0.257 e. The number of nitrogens with zero attached hydrogens (tertiary/aromatic N) is 1. The number of carbonyl (C=O) groups excluding carboxylic acids is 1. The number of nitrogens with one attached hydrogen (secondary N) is 1. The zero-order valence-electron chi connectivity index (χ0n) is 12.7. The molecule has 2 heterocycles. The maximum absolute atomic E-state index is 12.3. The van der Waals surface area contributed by atoms with Crippen molar-refractivity contribution in [3.63, 3.8) is 0 Å². The van der Waals surface area contributed by atoms with Crippen LogP contribution in [0.1, 0.15) is 22.3 Å². The number of aryl methyl sites for hydroxylation is 1. The van der Waals surface area contributed by atoms with Gasteiger partial charge in [0, 0.05) is 28.2 Å². The highest BCUT2D eigenvalue weighted by molar-refractivity contribution is 9.10. The summed E-state index contributed by atoms with van der Waals surface area (Å²) in [6.07, 6.45) is 2.84. The Bertz CT molecular complexity index is 700. The van der Waals surface area contributed by atoms with Crippen LogP contribution in [0.2, 0.25) is 0 Å². The molecule has 1 aliphatic heterocycles. The van der Waals surface area contributed by atoms with Crippen molar-refractivity contribution >= 4 is 39.3 Å². The van der Waals surface area contributed by atoms with Crippen molar-refractivity contribution in [2.24, 2.45) is 0 Å². The normalized spacial score (nSPS) is 17.0. The van der Waals surface area contributed by atoms with Crippen molar-refractivity contribution in [2.45, 2.75) is 19.4 Å². The van der Waals surface area contributed by atoms with Gasteiger partial charge >= 0.3 is 0 Å². The molecule has 1 aromatic heterocycles. The summed E-state index contributed by atoms with van der Waals surface area (Å²) < 4.78 is 6.78. The van der Waals surface area contributed by atoms with E-state index in [2.05, 4.69) is 26.2 Å². The topological polar surface area (TPSA) is 51.2 Å². The number of rotatable bonds is 4. The Morgan fingerprint density at radius 1 is 1.39 bits per heavy atom. The van der Waals surface area contributed by atoms with Gasteiger partial charge in [0.15, 0.2) is 0 Å². The van der Waals surface area contributed by atoms with Crippen LogP contribution >= 0.6 is 27.7 Å². The van der Waals surface area contributed by atoms with Crippen LogP contribution in [-0.4, -0.2) is 28.5 Å². The van der Waals surface area contributed by atoms with E-state index in [1.54, 1.807) is 18.3 Å². The van der Waals surface area contributed by atoms with Crippen LogP contribution in [0.3, 0.4) is 0 Å². The first-order chi connectivity index (χ1) is 11.1. The Balaban J connectivity index is 1.65. The number of hydrogen-bond acceptors (Lipinski definition) is 4. The predicted molar refractivity (Wildman–Crippen MR) is 97.4 cm³/mol. The lowest BCUT2D eigenvalue weighted by Crippen LogP contribution is -2.16. The SMILES string of the molecule is Cc1cc(Br)ccc1NC(=O)c1ccc(O[C@H]2CCSC2)nc1. The number of thioether (sulfide) groups is 1. The summed E-state index contributed by atoms with van der Waals surface area (Å²) in [6.45, 7) is 1.95. The van der Waals surface area contributed by atoms with Crippen molar-refractivity contribution in [2.75, 3.05) is 16.8 Å². The third-order valence-corrected chi connectivity index (χ3v) is 5.24. The molecule has 0 bridgehead atoms. The maximum atomic E-state index is 12.3. The van der Waals surface area contributed by atoms with E-state index in [4.69, 9.17) is 4.74 Å². The molecule has 1 atom stereocenters. The lowest BCUT2D eigenvalue weighted by atomic mass is 10.2. The number of aromatic nitrogens is 1. The molecular formula is C17H17BrN2O2S. The van der Waals surface area contributed by atoms with Crippen molar-refractivity contribution in [3.05, 3.63) is 52.1 Å². The molecule has 6 heteroatoms. The fourth-order valence-corrected chi connectivity index (χ4v) is 3.89. The highest BCUT2D eigenvalue weighted by atomic mass is 79.9. The van der Waals surface area contributed by atoms with E-state index in [-0.39, 0.29) is 12.0 Å². The van der Waals surface area contributed by atoms with Crippen LogP contribution in [0.25, 0.3) is 0 Å². The van der Waals surface area contributed by atoms with Crippen molar-refractivity contribution in [3.8, 4) is 5.88 Å². The second-order valence-corrected chi connectivity index (χ2v) is 7.47. The van der Waals surface area contributed by atoms with Gasteiger partial charge in [0.05, 0.1) is 5.56 Å². The van der Waals surface area contributed by atoms with Crippen molar-refractivity contribution < 1.29 is 9.53 Å². The molecule has 23 heavy (non-hydrogen) atoms. The van der Waals surface area contributed by atoms with E-state index in [0.717, 1.165) is 33.7 Å². The summed E-state index contributed by atoms with van der Waals surface area (Å²) in [4.78, 5) is 16.5. The third kappa shape index (κ3) is 4.26. The van der Waals surface area contributed by atoms with E-state index < -0.39 is 0 Å². The third-order valence-electron chi connectivity index (χ3n) is 3.61. The number of halogens is 1. The Labute approximate surface area is 148 Å². The summed E-state index contributed by atoms with van der Waals surface area (Å²) in [6, 6.07) is 9.24. The van der Waals surface area contributed by atoms with Crippen molar-refractivity contribution in [1.29, 1.82) is 0 Å². The second kappa shape index (κ2) is 7.36. The minimum absolute atomic E-state index is 0.175. The van der Waals surface area contributed by atoms with Gasteiger partial charge in [0.1, 0.15) is 6.10 Å². The number of benzene rings is 1. The predicted octanol–water partition coefficient (Wildman–Crippen LogP) is 4.29. The van der Waals surface area contributed by atoms with E-state index in [1.165, 1.54) is 0 Å². The van der Waals surface area contributed by atoms with E-state index >= 15 is 0 Å². The average molecular weight is 393 g/mol. The lowest BCUT2D eigenvalue weighted by Gasteiger charge is -2.12. The molecule has 0 unspecified atom stereocenters. The van der Waals surface area contributed by atoms with Gasteiger partial charge in [0.25, 0.3) is 5.91 Å². The number of ether oxygens (including phenoxy) is 1. The van der Waals surface area contributed by atoms with Gasteiger partial charge in [0.2, 0.25) is 5.88 Å². The fourth-order valence-electron chi connectivity index (χ4n) is 2.32. The quantitative estimate of drug-likeness (QED) is 0.842. The Morgan fingerprint density at radius 3 is 2.91 bits per heavy atom. The highest BCUT2D eigenvalue weighted by Crippen LogP contribution is 2.23. The van der Waals surface area contributed by atoms with E-state index in [1.807, 2.05) is 36.9 Å². The minimum atomic E-state index is -0.175. The number of carbonyl (C=O) groups is 1. The van der Waals surface area contributed by atoms with Gasteiger partial charge in [-0.15, -0.1) is 0 Å². The molecule has 3 rings (SSSR count). The lowest BCUT2D eigenvalue weighted by molar-refractivity contribution is 0.102. The molecule has 1 aliphatic rings. The summed E-state index contributed by atoms with van der Waals surface area (Å²) >= 11 is 5.31. The Hall–Kier alpha value is -1.53. The fraction of sp³-hybridized carbons (Fsp3) is 0.294. The summed E-state index contributed by atoms with van der Waals surface area (Å²) in [7, 11) is 0. The Morgan fingerprint density at radius 2 is 2.26 bits per heavy atom. The minimum Gasteiger partial charge on any atom is -0.473 e. The molecule has 2 aromatic rings. The zero-order valence-corrected chi connectivity index (χ0v) is 15.1. The molecule has 0 saturated carbocycles. The molecule has 4 nitrogen and oxygen atoms in total. The van der Waals surface area contributed by atoms with Gasteiger partial charge in [-0.2, -0.15) is 11.8 Å². The number of pyridine rings is 1. The van der Waals surface area contributed by atoms with E-state index in [9.17, 15) is 4.79 Å². The average Bonchev–Trinajstić information content (AvgIpc) is 3.04. The molecule has 0 radical (unpaired) electrons. The number of anilines is 1. The van der Waals surface area contributed by atoms with Crippen LogP contribution in [0.4, 0.5) is 5.69 Å². The molecule has 0 aliphatic carbocycles. The molecule has 120 valence electrons. The maximum Gasteiger partial charge on any atom is 0.257 e. The summed E-state index contributed by atoms with van der Waals surface area (Å²) in [5.74, 6) is 2.55. The van der Waals surface area contributed by atoms with Crippen LogP contribution in [0.15, 0.2) is 41.0 Å². The highest BCUT2D eigenvalue weighted by Gasteiger charge is 2.17. The molecule has 1 N–H and O–H groups in total. The van der Waals surface area contributed by atoms with Gasteiger partial charge in [-0.1, -0.05) is 15.9 Å². The first kappa shape index (κ1) is 16.3. The first-order valence-corrected chi connectivity index (χ1v) is 9.34. The van der Waals surface area contributed by atoms with Crippen LogP contribution < -0.4 is 10.1 Å². The summed E-state index contributed by atoms with van der Waals surface area (Å²) in [5, 5.41) is 2.90. The number of hydrogen-bond donors (Lipinski definition) is 1. The van der Waals surface area contributed by atoms with Gasteiger partial charge in [-0.3, -0.25) is 4.79 Å². The summed E-state index contributed by atoms with van der Waals surface area (Å²) in [5.41, 5.74) is 2.31. The molecule has 1 saturated heterocycles. The van der Waals surface area contributed by atoms with Gasteiger partial charge in [-0.25, -0.2) is 4.98 Å². The first-order valence-electron chi connectivity index (χ1n) is 7.40. The van der Waals surface area contributed by atoms with Gasteiger partial charge < -0.3 is 10.1 Å². The molecule has 1 aromatic carbocycles. The molecule has 1 amide bonds. The van der Waals surface area contributed by atoms with Crippen LogP contribution in [0, 0.1) is 6.92 Å². The monoisotopic (exact) mass is 392 g/mol. The molecule has 0 spiro atoms. The van der Waals surface area contributed by atoms with Gasteiger partial charge in [-0.05, 0) is 48.9 Å². The van der Waals surface area contributed by atoms with E-state index in [0.29, 0.717) is 11.4 Å².